The lowest BCUT2D eigenvalue weighted by molar-refractivity contribution is -0.128. The molecule has 1 atom stereocenters. The Morgan fingerprint density at radius 3 is 2.38 bits per heavy atom. The molecule has 6 nitrogen and oxygen atoms in total. The summed E-state index contributed by atoms with van der Waals surface area (Å²) >= 11 is 0. The second-order valence-corrected chi connectivity index (χ2v) is 7.31. The zero-order chi connectivity index (χ0) is 19.5. The topological polar surface area (TPSA) is 80.6 Å². The van der Waals surface area contributed by atoms with Gasteiger partial charge in [0.1, 0.15) is 17.3 Å². The molecule has 2 N–H and O–H groups in total. The first kappa shape index (κ1) is 19.6. The summed E-state index contributed by atoms with van der Waals surface area (Å²) < 4.78 is 11.0. The largest absolute Gasteiger partial charge is 0.481 e. The third-order valence-corrected chi connectivity index (χ3v) is 3.97. The van der Waals surface area contributed by atoms with Crippen LogP contribution < -0.4 is 15.6 Å². The molecular formula is C20H26N2O4. The summed E-state index contributed by atoms with van der Waals surface area (Å²) in [6.07, 6.45) is -0.766. The zero-order valence-electron chi connectivity index (χ0n) is 16.1. The van der Waals surface area contributed by atoms with Gasteiger partial charge in [-0.1, -0.05) is 32.9 Å². The van der Waals surface area contributed by atoms with Crippen molar-refractivity contribution >= 4 is 11.8 Å². The van der Waals surface area contributed by atoms with E-state index in [0.717, 1.165) is 5.56 Å². The number of amides is 2. The smallest absolute Gasteiger partial charge is 0.279 e. The highest BCUT2D eigenvalue weighted by atomic mass is 16.5. The molecule has 6 heteroatoms. The van der Waals surface area contributed by atoms with Crippen molar-refractivity contribution in [3.8, 4) is 5.75 Å². The van der Waals surface area contributed by atoms with Gasteiger partial charge in [-0.05, 0) is 49.9 Å². The van der Waals surface area contributed by atoms with Crippen LogP contribution in [-0.2, 0) is 10.2 Å². The molecule has 0 aliphatic rings. The fourth-order valence-electron chi connectivity index (χ4n) is 2.44. The van der Waals surface area contributed by atoms with Gasteiger partial charge in [0.25, 0.3) is 11.8 Å². The molecule has 0 spiro atoms. The third-order valence-electron chi connectivity index (χ3n) is 3.97. The van der Waals surface area contributed by atoms with E-state index in [1.807, 2.05) is 18.2 Å². The van der Waals surface area contributed by atoms with Crippen LogP contribution in [0.2, 0.25) is 0 Å². The van der Waals surface area contributed by atoms with E-state index in [2.05, 4.69) is 31.6 Å². The quantitative estimate of drug-likeness (QED) is 0.821. The van der Waals surface area contributed by atoms with Crippen LogP contribution in [0.15, 0.2) is 34.7 Å². The SMILES string of the molecule is Cc1cc(C(=O)NNC(=O)C(C)Oc2cccc(C(C)(C)C)c2)c(C)o1. The number of carbonyl (C=O) groups excluding carboxylic acids is 2. The average molecular weight is 358 g/mol. The number of benzene rings is 1. The highest BCUT2D eigenvalue weighted by Crippen LogP contribution is 2.26. The van der Waals surface area contributed by atoms with E-state index in [1.165, 1.54) is 0 Å². The number of aryl methyl sites for hydroxylation is 2. The van der Waals surface area contributed by atoms with E-state index in [4.69, 9.17) is 9.15 Å². The van der Waals surface area contributed by atoms with Crippen molar-refractivity contribution in [1.82, 2.24) is 10.9 Å². The normalized spacial score (nSPS) is 12.4. The Morgan fingerprint density at radius 2 is 1.81 bits per heavy atom. The first-order valence-electron chi connectivity index (χ1n) is 8.52. The monoisotopic (exact) mass is 358 g/mol. The molecule has 0 aliphatic carbocycles. The highest BCUT2D eigenvalue weighted by Gasteiger charge is 2.19. The molecule has 2 rings (SSSR count). The lowest BCUT2D eigenvalue weighted by Gasteiger charge is -2.21. The highest BCUT2D eigenvalue weighted by molar-refractivity contribution is 5.96. The van der Waals surface area contributed by atoms with Gasteiger partial charge in [-0.3, -0.25) is 20.4 Å². The number of furan rings is 1. The molecule has 1 aromatic heterocycles. The van der Waals surface area contributed by atoms with Crippen LogP contribution in [-0.4, -0.2) is 17.9 Å². The number of nitrogens with one attached hydrogen (secondary N) is 2. The van der Waals surface area contributed by atoms with Crippen molar-refractivity contribution in [1.29, 1.82) is 0 Å². The van der Waals surface area contributed by atoms with Crippen molar-refractivity contribution in [2.24, 2.45) is 0 Å². The number of ether oxygens (including phenoxy) is 1. The summed E-state index contributed by atoms with van der Waals surface area (Å²) in [5.74, 6) is 0.853. The number of hydrogen-bond donors (Lipinski definition) is 2. The van der Waals surface area contributed by atoms with Gasteiger partial charge in [0, 0.05) is 0 Å². The molecule has 0 saturated heterocycles. The van der Waals surface area contributed by atoms with Gasteiger partial charge >= 0.3 is 0 Å². The Balaban J connectivity index is 1.94. The molecule has 2 amide bonds. The van der Waals surface area contributed by atoms with Crippen molar-refractivity contribution < 1.29 is 18.7 Å². The van der Waals surface area contributed by atoms with Crippen LogP contribution >= 0.6 is 0 Å². The molecular weight excluding hydrogens is 332 g/mol. The van der Waals surface area contributed by atoms with E-state index in [1.54, 1.807) is 32.9 Å². The molecule has 26 heavy (non-hydrogen) atoms. The van der Waals surface area contributed by atoms with E-state index in [-0.39, 0.29) is 5.41 Å². The minimum Gasteiger partial charge on any atom is -0.481 e. The summed E-state index contributed by atoms with van der Waals surface area (Å²) in [6, 6.07) is 9.25. The van der Waals surface area contributed by atoms with Gasteiger partial charge in [0.2, 0.25) is 0 Å². The second kappa shape index (κ2) is 7.64. The van der Waals surface area contributed by atoms with Crippen molar-refractivity contribution in [2.75, 3.05) is 0 Å². The summed E-state index contributed by atoms with van der Waals surface area (Å²) in [7, 11) is 0. The minimum absolute atomic E-state index is 0.0145. The van der Waals surface area contributed by atoms with Gasteiger partial charge < -0.3 is 9.15 Å². The lowest BCUT2D eigenvalue weighted by atomic mass is 9.87. The molecule has 0 bridgehead atoms. The van der Waals surface area contributed by atoms with Gasteiger partial charge in [0.15, 0.2) is 6.10 Å². The van der Waals surface area contributed by atoms with Gasteiger partial charge in [-0.2, -0.15) is 0 Å². The van der Waals surface area contributed by atoms with Crippen LogP contribution in [0.1, 0.15) is 55.1 Å². The number of hydrazine groups is 1. The van der Waals surface area contributed by atoms with E-state index < -0.39 is 17.9 Å². The Labute approximate surface area is 153 Å². The Morgan fingerprint density at radius 1 is 1.12 bits per heavy atom. The predicted molar refractivity (Wildman–Crippen MR) is 99.0 cm³/mol. The Bertz CT molecular complexity index is 802. The maximum absolute atomic E-state index is 12.2. The second-order valence-electron chi connectivity index (χ2n) is 7.31. The Kier molecular flexibility index (Phi) is 5.75. The first-order chi connectivity index (χ1) is 12.1. The average Bonchev–Trinajstić information content (AvgIpc) is 2.90. The number of hydrogen-bond acceptors (Lipinski definition) is 4. The molecule has 1 heterocycles. The molecule has 0 aliphatic heterocycles. The fourth-order valence-corrected chi connectivity index (χ4v) is 2.44. The van der Waals surface area contributed by atoms with Crippen molar-refractivity contribution in [3.63, 3.8) is 0 Å². The van der Waals surface area contributed by atoms with Crippen molar-refractivity contribution in [2.45, 2.75) is 53.1 Å². The number of rotatable bonds is 4. The van der Waals surface area contributed by atoms with Gasteiger partial charge in [-0.25, -0.2) is 0 Å². The third kappa shape index (κ3) is 4.88. The van der Waals surface area contributed by atoms with Crippen molar-refractivity contribution in [3.05, 3.63) is 53.0 Å². The molecule has 0 radical (unpaired) electrons. The molecule has 2 aromatic rings. The van der Waals surface area contributed by atoms with Gasteiger partial charge in [0.05, 0.1) is 5.56 Å². The van der Waals surface area contributed by atoms with Crippen LogP contribution in [0, 0.1) is 13.8 Å². The van der Waals surface area contributed by atoms with Crippen LogP contribution in [0.5, 0.6) is 5.75 Å². The minimum atomic E-state index is -0.766. The summed E-state index contributed by atoms with van der Waals surface area (Å²) in [4.78, 5) is 24.3. The summed E-state index contributed by atoms with van der Waals surface area (Å²) in [5, 5.41) is 0. The van der Waals surface area contributed by atoms with Crippen LogP contribution in [0.25, 0.3) is 0 Å². The van der Waals surface area contributed by atoms with Crippen LogP contribution in [0.3, 0.4) is 0 Å². The molecule has 1 unspecified atom stereocenters. The van der Waals surface area contributed by atoms with Gasteiger partial charge in [-0.15, -0.1) is 0 Å². The fraction of sp³-hybridized carbons (Fsp3) is 0.400. The van der Waals surface area contributed by atoms with E-state index in [0.29, 0.717) is 22.8 Å². The Hall–Kier alpha value is -2.76. The predicted octanol–water partition coefficient (Wildman–Crippen LogP) is 3.42. The first-order valence-corrected chi connectivity index (χ1v) is 8.52. The van der Waals surface area contributed by atoms with E-state index in [9.17, 15) is 9.59 Å². The summed E-state index contributed by atoms with van der Waals surface area (Å²) in [5.41, 5.74) is 6.24. The maximum atomic E-state index is 12.2. The molecule has 1 aromatic carbocycles. The van der Waals surface area contributed by atoms with Crippen LogP contribution in [0.4, 0.5) is 0 Å². The molecule has 0 saturated carbocycles. The summed E-state index contributed by atoms with van der Waals surface area (Å²) in [6.45, 7) is 11.4. The lowest BCUT2D eigenvalue weighted by Crippen LogP contribution is -2.47. The molecule has 0 fully saturated rings. The standard InChI is InChI=1S/C20H26N2O4/c1-12-10-17(13(2)25-12)19(24)22-21-18(23)14(3)26-16-9-7-8-15(11-16)20(4,5)6/h7-11,14H,1-6H3,(H,21,23)(H,22,24). The molecule has 140 valence electrons. The van der Waals surface area contributed by atoms with E-state index >= 15 is 0 Å². The number of carbonyl (C=O) groups is 2. The maximum Gasteiger partial charge on any atom is 0.279 e. The zero-order valence-corrected chi connectivity index (χ0v) is 16.1.